The van der Waals surface area contributed by atoms with Crippen LogP contribution in [0, 0.1) is 0 Å². The predicted octanol–water partition coefficient (Wildman–Crippen LogP) is 2.94. The first-order valence-electron chi connectivity index (χ1n) is 4.51. The monoisotopic (exact) mass is 290 g/mol. The Morgan fingerprint density at radius 1 is 1.53 bits per heavy atom. The molecule has 0 saturated heterocycles. The van der Waals surface area contributed by atoms with Gasteiger partial charge in [0.05, 0.1) is 12.4 Å². The Balaban J connectivity index is 3.05. The van der Waals surface area contributed by atoms with E-state index in [0.717, 1.165) is 16.9 Å². The summed E-state index contributed by atoms with van der Waals surface area (Å²) in [7, 11) is 1.59. The number of alkyl halides is 2. The highest BCUT2D eigenvalue weighted by molar-refractivity contribution is 9.09. The van der Waals surface area contributed by atoms with E-state index in [1.54, 1.807) is 7.11 Å². The van der Waals surface area contributed by atoms with Crippen molar-refractivity contribution in [3.8, 4) is 5.75 Å². The quantitative estimate of drug-likeness (QED) is 0.780. The van der Waals surface area contributed by atoms with Gasteiger partial charge in [0.25, 0.3) is 0 Å². The molecule has 0 fully saturated rings. The summed E-state index contributed by atoms with van der Waals surface area (Å²) in [5, 5.41) is 0.354. The molecular weight excluding hydrogens is 279 g/mol. The third-order valence-electron chi connectivity index (χ3n) is 2.12. The van der Waals surface area contributed by atoms with Crippen molar-refractivity contribution >= 4 is 33.3 Å². The normalized spacial score (nSPS) is 10.1. The van der Waals surface area contributed by atoms with Crippen molar-refractivity contribution in [3.05, 3.63) is 29.3 Å². The number of methoxy groups -OCH3 is 1. The minimum Gasteiger partial charge on any atom is -0.496 e. The van der Waals surface area contributed by atoms with Crippen molar-refractivity contribution in [1.82, 2.24) is 0 Å². The molecule has 0 amide bonds. The van der Waals surface area contributed by atoms with Gasteiger partial charge in [-0.15, -0.1) is 11.6 Å². The second-order valence-corrected chi connectivity index (χ2v) is 3.91. The SMILES string of the molecule is COc1cccc(CCl)c1CC(=O)CBr. The van der Waals surface area contributed by atoms with E-state index in [1.165, 1.54) is 0 Å². The van der Waals surface area contributed by atoms with Crippen LogP contribution in [0.2, 0.25) is 0 Å². The molecule has 0 aromatic heterocycles. The number of carbonyl (C=O) groups is 1. The zero-order valence-corrected chi connectivity index (χ0v) is 10.8. The van der Waals surface area contributed by atoms with Crippen LogP contribution < -0.4 is 4.74 Å². The minimum atomic E-state index is 0.117. The Morgan fingerprint density at radius 3 is 2.80 bits per heavy atom. The molecule has 0 unspecified atom stereocenters. The molecule has 0 bridgehead atoms. The molecule has 1 aromatic rings. The molecule has 0 saturated carbocycles. The summed E-state index contributed by atoms with van der Waals surface area (Å²) < 4.78 is 5.21. The van der Waals surface area contributed by atoms with Crippen LogP contribution in [-0.4, -0.2) is 18.2 Å². The van der Waals surface area contributed by atoms with E-state index in [4.69, 9.17) is 16.3 Å². The number of rotatable bonds is 5. The fourth-order valence-corrected chi connectivity index (χ4v) is 1.82. The molecule has 0 spiro atoms. The number of ketones is 1. The van der Waals surface area contributed by atoms with Crippen LogP contribution in [0.5, 0.6) is 5.75 Å². The van der Waals surface area contributed by atoms with Crippen LogP contribution in [0.4, 0.5) is 0 Å². The zero-order valence-electron chi connectivity index (χ0n) is 8.43. The zero-order chi connectivity index (χ0) is 11.3. The van der Waals surface area contributed by atoms with Gasteiger partial charge < -0.3 is 4.74 Å². The maximum Gasteiger partial charge on any atom is 0.147 e. The van der Waals surface area contributed by atoms with E-state index in [1.807, 2.05) is 18.2 Å². The van der Waals surface area contributed by atoms with Crippen molar-refractivity contribution in [2.24, 2.45) is 0 Å². The minimum absolute atomic E-state index is 0.117. The molecule has 0 aliphatic rings. The Labute approximate surface area is 103 Å². The van der Waals surface area contributed by atoms with Crippen molar-refractivity contribution in [3.63, 3.8) is 0 Å². The number of hydrogen-bond donors (Lipinski definition) is 0. The lowest BCUT2D eigenvalue weighted by molar-refractivity contribution is -0.115. The van der Waals surface area contributed by atoms with E-state index in [2.05, 4.69) is 15.9 Å². The van der Waals surface area contributed by atoms with Gasteiger partial charge >= 0.3 is 0 Å². The average molecular weight is 292 g/mol. The highest BCUT2D eigenvalue weighted by Gasteiger charge is 2.11. The van der Waals surface area contributed by atoms with Gasteiger partial charge in [0, 0.05) is 17.9 Å². The molecule has 1 aromatic carbocycles. The highest BCUT2D eigenvalue weighted by atomic mass is 79.9. The molecule has 0 aliphatic heterocycles. The van der Waals surface area contributed by atoms with E-state index in [9.17, 15) is 4.79 Å². The second kappa shape index (κ2) is 6.13. The number of hydrogen-bond acceptors (Lipinski definition) is 2. The maximum atomic E-state index is 11.4. The topological polar surface area (TPSA) is 26.3 Å². The second-order valence-electron chi connectivity index (χ2n) is 3.08. The predicted molar refractivity (Wildman–Crippen MR) is 65.1 cm³/mol. The third-order valence-corrected chi connectivity index (χ3v) is 3.03. The van der Waals surface area contributed by atoms with Crippen LogP contribution in [0.25, 0.3) is 0 Å². The van der Waals surface area contributed by atoms with Gasteiger partial charge in [-0.05, 0) is 11.6 Å². The van der Waals surface area contributed by atoms with Crippen molar-refractivity contribution in [2.45, 2.75) is 12.3 Å². The number of benzene rings is 1. The summed E-state index contributed by atoms with van der Waals surface area (Å²) in [6.45, 7) is 0. The molecule has 4 heteroatoms. The Hall–Kier alpha value is -0.540. The van der Waals surface area contributed by atoms with Crippen LogP contribution >= 0.6 is 27.5 Å². The van der Waals surface area contributed by atoms with Crippen molar-refractivity contribution < 1.29 is 9.53 Å². The molecule has 0 heterocycles. The van der Waals surface area contributed by atoms with Gasteiger partial charge in [-0.25, -0.2) is 0 Å². The van der Waals surface area contributed by atoms with Crippen LogP contribution in [0.1, 0.15) is 11.1 Å². The van der Waals surface area contributed by atoms with Crippen LogP contribution in [0.15, 0.2) is 18.2 Å². The maximum absolute atomic E-state index is 11.4. The molecular formula is C11H12BrClO2. The Bertz CT molecular complexity index is 330. The number of carbonyl (C=O) groups excluding carboxylic acids is 1. The highest BCUT2D eigenvalue weighted by Crippen LogP contribution is 2.24. The first-order valence-corrected chi connectivity index (χ1v) is 6.17. The molecule has 0 aliphatic carbocycles. The average Bonchev–Trinajstić information content (AvgIpc) is 2.29. The van der Waals surface area contributed by atoms with Crippen molar-refractivity contribution in [2.75, 3.05) is 12.4 Å². The first-order chi connectivity index (χ1) is 7.22. The fraction of sp³-hybridized carbons (Fsp3) is 0.364. The third kappa shape index (κ3) is 3.21. The number of halogens is 2. The number of Topliss-reactive ketones (excluding diaryl/α,β-unsaturated/α-hetero) is 1. The number of ether oxygens (including phenoxy) is 1. The molecule has 0 radical (unpaired) electrons. The van der Waals surface area contributed by atoms with Crippen LogP contribution in [0.3, 0.4) is 0 Å². The molecule has 82 valence electrons. The molecule has 0 N–H and O–H groups in total. The van der Waals surface area contributed by atoms with Gasteiger partial charge in [-0.3, -0.25) is 4.79 Å². The first kappa shape index (κ1) is 12.5. The fourth-order valence-electron chi connectivity index (χ4n) is 1.37. The summed E-state index contributed by atoms with van der Waals surface area (Å²) in [6, 6.07) is 5.62. The molecule has 1 rings (SSSR count). The lowest BCUT2D eigenvalue weighted by Crippen LogP contribution is -2.07. The summed E-state index contributed by atoms with van der Waals surface area (Å²) in [5.74, 6) is 1.23. The van der Waals surface area contributed by atoms with Gasteiger partial charge in [0.1, 0.15) is 11.5 Å². The summed E-state index contributed by atoms with van der Waals surface area (Å²) >= 11 is 8.95. The van der Waals surface area contributed by atoms with Crippen molar-refractivity contribution in [1.29, 1.82) is 0 Å². The van der Waals surface area contributed by atoms with Gasteiger partial charge in [-0.2, -0.15) is 0 Å². The lowest BCUT2D eigenvalue weighted by Gasteiger charge is -2.11. The van der Waals surface area contributed by atoms with E-state index < -0.39 is 0 Å². The molecule has 0 atom stereocenters. The molecule has 2 nitrogen and oxygen atoms in total. The Kier molecular flexibility index (Phi) is 5.12. The standard InChI is InChI=1S/C11H12BrClO2/c1-15-11-4-2-3-8(7-13)10(11)5-9(14)6-12/h2-4H,5-7H2,1H3. The summed E-state index contributed by atoms with van der Waals surface area (Å²) in [5.41, 5.74) is 1.84. The van der Waals surface area contributed by atoms with Gasteiger partial charge in [0.15, 0.2) is 0 Å². The largest absolute Gasteiger partial charge is 0.496 e. The summed E-state index contributed by atoms with van der Waals surface area (Å²) in [4.78, 5) is 11.4. The summed E-state index contributed by atoms with van der Waals surface area (Å²) in [6.07, 6.45) is 0.358. The smallest absolute Gasteiger partial charge is 0.147 e. The Morgan fingerprint density at radius 2 is 2.27 bits per heavy atom. The van der Waals surface area contributed by atoms with E-state index in [-0.39, 0.29) is 5.78 Å². The van der Waals surface area contributed by atoms with Crippen LogP contribution in [-0.2, 0) is 17.1 Å². The molecule has 15 heavy (non-hydrogen) atoms. The van der Waals surface area contributed by atoms with E-state index >= 15 is 0 Å². The van der Waals surface area contributed by atoms with E-state index in [0.29, 0.717) is 17.6 Å². The van der Waals surface area contributed by atoms with Gasteiger partial charge in [-0.1, -0.05) is 28.1 Å². The van der Waals surface area contributed by atoms with Gasteiger partial charge in [0.2, 0.25) is 0 Å². The lowest BCUT2D eigenvalue weighted by atomic mass is 10.0.